The summed E-state index contributed by atoms with van der Waals surface area (Å²) >= 11 is 0. The summed E-state index contributed by atoms with van der Waals surface area (Å²) in [6.07, 6.45) is 1.92. The van der Waals surface area contributed by atoms with E-state index in [4.69, 9.17) is 19.9 Å². The predicted molar refractivity (Wildman–Crippen MR) is 266 cm³/mol. The second-order valence-corrected chi connectivity index (χ2v) is 20.1. The van der Waals surface area contributed by atoms with E-state index in [0.717, 1.165) is 50.3 Å². The molecular weight excluding hydrogens is 783 g/mol. The van der Waals surface area contributed by atoms with Gasteiger partial charge in [0.05, 0.1) is 28.1 Å². The number of rotatable bonds is 6. The predicted octanol–water partition coefficient (Wildman–Crippen LogP) is 14.5. The lowest BCUT2D eigenvalue weighted by atomic mass is 9.78. The van der Waals surface area contributed by atoms with Gasteiger partial charge in [-0.05, 0) is 81.5 Å². The lowest BCUT2D eigenvalue weighted by Crippen LogP contribution is -2.29. The molecule has 0 N–H and O–H groups in total. The van der Waals surface area contributed by atoms with Crippen molar-refractivity contribution >= 4 is 44.6 Å². The molecule has 318 valence electrons. The topological polar surface area (TPSA) is 63.0 Å². The molecule has 0 bridgehead atoms. The van der Waals surface area contributed by atoms with Crippen molar-refractivity contribution in [2.75, 3.05) is 16.5 Å². The number of anilines is 4. The molecule has 0 radical (unpaired) electrons. The Morgan fingerprint density at radius 1 is 0.438 bits per heavy atom. The van der Waals surface area contributed by atoms with Crippen molar-refractivity contribution in [1.29, 1.82) is 0 Å². The highest BCUT2D eigenvalue weighted by Gasteiger charge is 2.35. The van der Waals surface area contributed by atoms with Crippen LogP contribution in [0.25, 0.3) is 61.8 Å². The van der Waals surface area contributed by atoms with Crippen molar-refractivity contribution in [3.05, 3.63) is 175 Å². The molecule has 10 rings (SSSR count). The van der Waals surface area contributed by atoms with E-state index in [9.17, 15) is 0 Å². The Labute approximate surface area is 377 Å². The summed E-state index contributed by atoms with van der Waals surface area (Å²) in [6, 6.07) is 53.9. The Balaban J connectivity index is 1.11. The van der Waals surface area contributed by atoms with Crippen molar-refractivity contribution in [2.24, 2.45) is 0 Å². The van der Waals surface area contributed by atoms with Gasteiger partial charge in [0.2, 0.25) is 0 Å². The van der Waals surface area contributed by atoms with Crippen molar-refractivity contribution in [3.63, 3.8) is 0 Å². The molecule has 0 atom stereocenters. The van der Waals surface area contributed by atoms with Crippen molar-refractivity contribution in [2.45, 2.75) is 78.6 Å². The van der Waals surface area contributed by atoms with Crippen LogP contribution in [-0.4, -0.2) is 31.2 Å². The van der Waals surface area contributed by atoms with E-state index in [1.54, 1.807) is 0 Å². The second-order valence-electron chi connectivity index (χ2n) is 20.1. The molecule has 7 heteroatoms. The maximum Gasteiger partial charge on any atom is 0.164 e. The number of para-hydroxylation sites is 4. The molecule has 7 nitrogen and oxygen atoms in total. The van der Waals surface area contributed by atoms with Gasteiger partial charge in [0.1, 0.15) is 12.5 Å². The number of benzene rings is 6. The molecule has 0 fully saturated rings. The smallest absolute Gasteiger partial charge is 0.164 e. The van der Waals surface area contributed by atoms with E-state index in [1.807, 2.05) is 24.4 Å². The van der Waals surface area contributed by atoms with Crippen LogP contribution in [0.15, 0.2) is 158 Å². The van der Waals surface area contributed by atoms with Crippen LogP contribution >= 0.6 is 0 Å². The first-order chi connectivity index (χ1) is 30.6. The average molecular weight is 838 g/mol. The minimum Gasteiger partial charge on any atom is -0.321 e. The van der Waals surface area contributed by atoms with Gasteiger partial charge >= 0.3 is 0 Å². The quantitative estimate of drug-likeness (QED) is 0.166. The minimum absolute atomic E-state index is 0.0287. The molecular formula is C57H55N7. The van der Waals surface area contributed by atoms with Gasteiger partial charge < -0.3 is 9.80 Å². The van der Waals surface area contributed by atoms with Gasteiger partial charge in [0.25, 0.3) is 0 Å². The van der Waals surface area contributed by atoms with Gasteiger partial charge in [-0.3, -0.25) is 4.57 Å². The first-order valence-electron chi connectivity index (χ1n) is 22.3. The molecule has 1 aliphatic rings. The largest absolute Gasteiger partial charge is 0.321 e. The lowest BCUT2D eigenvalue weighted by Gasteiger charge is -2.35. The van der Waals surface area contributed by atoms with Gasteiger partial charge in [-0.15, -0.1) is 0 Å². The van der Waals surface area contributed by atoms with Crippen LogP contribution < -0.4 is 9.80 Å². The fourth-order valence-corrected chi connectivity index (χ4v) is 9.20. The van der Waals surface area contributed by atoms with Crippen LogP contribution in [0.2, 0.25) is 0 Å². The van der Waals surface area contributed by atoms with Crippen LogP contribution in [0, 0.1) is 0 Å². The van der Waals surface area contributed by atoms with Gasteiger partial charge in [-0.25, -0.2) is 19.9 Å². The fourth-order valence-electron chi connectivity index (χ4n) is 9.20. The number of pyridine rings is 1. The lowest BCUT2D eigenvalue weighted by molar-refractivity contribution is 0.568. The molecule has 64 heavy (non-hydrogen) atoms. The summed E-state index contributed by atoms with van der Waals surface area (Å²) in [7, 11) is 0. The van der Waals surface area contributed by atoms with Gasteiger partial charge in [-0.2, -0.15) is 0 Å². The van der Waals surface area contributed by atoms with Crippen molar-refractivity contribution in [1.82, 2.24) is 24.5 Å². The molecule has 0 amide bonds. The summed E-state index contributed by atoms with van der Waals surface area (Å²) in [6.45, 7) is 21.3. The standard InChI is InChI=1S/C57H55N7/c1-55(2,3)40-31-32-58-50(35-40)64-46-26-14-13-23-42(46)43-30-29-39(34-49(43)64)54-60-52(37-19-11-10-12-20-37)59-53(61-54)38-21-17-22-41(33-38)62-36-63(48-28-16-15-27-47(48)62)51-44(56(4,5)6)24-18-25-45(51)57(7,8)9/h10-35H,36H2,1-9H3. The summed E-state index contributed by atoms with van der Waals surface area (Å²) in [5.41, 5.74) is 13.4. The van der Waals surface area contributed by atoms with Crippen LogP contribution in [0.1, 0.15) is 79.0 Å². The van der Waals surface area contributed by atoms with Gasteiger partial charge in [0.15, 0.2) is 17.5 Å². The maximum atomic E-state index is 5.28. The highest BCUT2D eigenvalue weighted by Crippen LogP contribution is 2.50. The molecule has 0 saturated heterocycles. The third-order valence-electron chi connectivity index (χ3n) is 12.5. The first-order valence-corrected chi connectivity index (χ1v) is 22.3. The number of fused-ring (bicyclic) bond motifs is 4. The molecule has 4 heterocycles. The van der Waals surface area contributed by atoms with Crippen molar-refractivity contribution < 1.29 is 0 Å². The monoisotopic (exact) mass is 837 g/mol. The zero-order valence-corrected chi connectivity index (χ0v) is 38.3. The van der Waals surface area contributed by atoms with E-state index < -0.39 is 0 Å². The van der Waals surface area contributed by atoms with Crippen molar-refractivity contribution in [3.8, 4) is 40.0 Å². The Morgan fingerprint density at radius 3 is 1.67 bits per heavy atom. The highest BCUT2D eigenvalue weighted by molar-refractivity contribution is 6.10. The number of hydrogen-bond acceptors (Lipinski definition) is 6. The highest BCUT2D eigenvalue weighted by atomic mass is 15.4. The molecule has 0 saturated carbocycles. The van der Waals surface area contributed by atoms with E-state index in [1.165, 1.54) is 33.5 Å². The zero-order valence-electron chi connectivity index (χ0n) is 38.3. The fraction of sp³-hybridized carbons (Fsp3) is 0.228. The molecule has 0 spiro atoms. The van der Waals surface area contributed by atoms with E-state index >= 15 is 0 Å². The molecule has 6 aromatic carbocycles. The molecule has 3 aromatic heterocycles. The van der Waals surface area contributed by atoms with Gasteiger partial charge in [-0.1, -0.05) is 165 Å². The summed E-state index contributed by atoms with van der Waals surface area (Å²) in [5.74, 6) is 2.73. The van der Waals surface area contributed by atoms with Crippen LogP contribution in [0.5, 0.6) is 0 Å². The maximum absolute atomic E-state index is 5.28. The molecule has 9 aromatic rings. The molecule has 0 unspecified atom stereocenters. The Kier molecular flexibility index (Phi) is 9.78. The Bertz CT molecular complexity index is 3180. The van der Waals surface area contributed by atoms with E-state index in [0.29, 0.717) is 24.1 Å². The number of hydrogen-bond donors (Lipinski definition) is 0. The third-order valence-corrected chi connectivity index (χ3v) is 12.5. The van der Waals surface area contributed by atoms with E-state index in [-0.39, 0.29) is 16.2 Å². The summed E-state index contributed by atoms with van der Waals surface area (Å²) < 4.78 is 2.27. The SMILES string of the molecule is CC(C)(C)c1ccnc(-n2c3ccccc3c3ccc(-c4nc(-c5ccccc5)nc(-c5cccc(N6CN(c7c(C(C)(C)C)cccc7C(C)(C)C)c7ccccc76)c5)n4)cc32)c1. The van der Waals surface area contributed by atoms with Crippen LogP contribution in [-0.2, 0) is 16.2 Å². The van der Waals surface area contributed by atoms with Crippen LogP contribution in [0.4, 0.5) is 22.7 Å². The van der Waals surface area contributed by atoms with Gasteiger partial charge in [0, 0.05) is 39.3 Å². The summed E-state index contributed by atoms with van der Waals surface area (Å²) in [4.78, 5) is 25.5. The normalized spacial score (nSPS) is 13.3. The first kappa shape index (κ1) is 40.9. The number of nitrogens with zero attached hydrogens (tertiary/aromatic N) is 7. The minimum atomic E-state index is -0.0545. The summed E-state index contributed by atoms with van der Waals surface area (Å²) in [5, 5.41) is 2.32. The Hall–Kier alpha value is -7.12. The average Bonchev–Trinajstić information content (AvgIpc) is 3.84. The Morgan fingerprint density at radius 2 is 1.00 bits per heavy atom. The number of aromatic nitrogens is 5. The van der Waals surface area contributed by atoms with E-state index in [2.05, 4.69) is 210 Å². The zero-order chi connectivity index (χ0) is 44.5. The third kappa shape index (κ3) is 7.29. The van der Waals surface area contributed by atoms with Crippen LogP contribution in [0.3, 0.4) is 0 Å². The molecule has 1 aliphatic heterocycles. The second kappa shape index (κ2) is 15.3. The molecule has 0 aliphatic carbocycles.